The summed E-state index contributed by atoms with van der Waals surface area (Å²) in [6, 6.07) is 4.76. The Morgan fingerprint density at radius 2 is 2.17 bits per heavy atom. The molecular formula is C9H13NO2. The number of hydrogen-bond acceptors (Lipinski definition) is 3. The molecular weight excluding hydrogens is 154 g/mol. The van der Waals surface area contributed by atoms with Crippen LogP contribution in [0.1, 0.15) is 18.5 Å². The second-order valence-electron chi connectivity index (χ2n) is 2.71. The first-order valence-electron chi connectivity index (χ1n) is 3.77. The third-order valence-electron chi connectivity index (χ3n) is 1.70. The maximum absolute atomic E-state index is 9.17. The topological polar surface area (TPSA) is 55.5 Å². The van der Waals surface area contributed by atoms with Crippen LogP contribution < -0.4 is 10.5 Å². The molecule has 0 unspecified atom stereocenters. The van der Waals surface area contributed by atoms with Gasteiger partial charge in [0.1, 0.15) is 11.5 Å². The zero-order chi connectivity index (χ0) is 9.14. The zero-order valence-corrected chi connectivity index (χ0v) is 7.24. The van der Waals surface area contributed by atoms with E-state index < -0.39 is 0 Å². The van der Waals surface area contributed by atoms with E-state index in [9.17, 15) is 5.11 Å². The van der Waals surface area contributed by atoms with Crippen molar-refractivity contribution in [2.75, 3.05) is 7.11 Å². The Morgan fingerprint density at radius 1 is 1.50 bits per heavy atom. The highest BCUT2D eigenvalue weighted by molar-refractivity contribution is 5.41. The summed E-state index contributed by atoms with van der Waals surface area (Å²) in [6.45, 7) is 1.84. The lowest BCUT2D eigenvalue weighted by atomic mass is 10.1. The summed E-state index contributed by atoms with van der Waals surface area (Å²) in [5.41, 5.74) is 6.48. The number of benzene rings is 1. The molecule has 66 valence electrons. The molecule has 3 N–H and O–H groups in total. The molecule has 1 rings (SSSR count). The first kappa shape index (κ1) is 8.87. The summed E-state index contributed by atoms with van der Waals surface area (Å²) < 4.78 is 5.07. The van der Waals surface area contributed by atoms with Crippen LogP contribution in [0.4, 0.5) is 0 Å². The number of phenols is 1. The molecule has 0 aliphatic carbocycles. The zero-order valence-electron chi connectivity index (χ0n) is 7.24. The minimum Gasteiger partial charge on any atom is -0.508 e. The number of hydrogen-bond donors (Lipinski definition) is 2. The summed E-state index contributed by atoms with van der Waals surface area (Å²) in [6.07, 6.45) is 0. The van der Waals surface area contributed by atoms with Gasteiger partial charge in [0.15, 0.2) is 0 Å². The van der Waals surface area contributed by atoms with Gasteiger partial charge >= 0.3 is 0 Å². The van der Waals surface area contributed by atoms with Crippen LogP contribution in [0.3, 0.4) is 0 Å². The van der Waals surface area contributed by atoms with Crippen molar-refractivity contribution in [2.45, 2.75) is 13.0 Å². The third kappa shape index (κ3) is 1.68. The van der Waals surface area contributed by atoms with E-state index >= 15 is 0 Å². The van der Waals surface area contributed by atoms with Gasteiger partial charge in [-0.25, -0.2) is 0 Å². The predicted molar refractivity (Wildman–Crippen MR) is 47.3 cm³/mol. The highest BCUT2D eigenvalue weighted by Crippen LogP contribution is 2.27. The molecule has 0 radical (unpaired) electrons. The number of nitrogens with two attached hydrogens (primary N) is 1. The van der Waals surface area contributed by atoms with Crippen LogP contribution in [-0.2, 0) is 0 Å². The average Bonchev–Trinajstić information content (AvgIpc) is 2.04. The van der Waals surface area contributed by atoms with E-state index in [4.69, 9.17) is 10.5 Å². The van der Waals surface area contributed by atoms with Crippen molar-refractivity contribution in [1.82, 2.24) is 0 Å². The Morgan fingerprint density at radius 3 is 2.67 bits per heavy atom. The second kappa shape index (κ2) is 3.45. The van der Waals surface area contributed by atoms with E-state index in [-0.39, 0.29) is 11.8 Å². The van der Waals surface area contributed by atoms with E-state index in [0.717, 1.165) is 5.56 Å². The molecule has 0 spiro atoms. The van der Waals surface area contributed by atoms with Crippen LogP contribution >= 0.6 is 0 Å². The van der Waals surface area contributed by atoms with Crippen molar-refractivity contribution in [3.63, 3.8) is 0 Å². The monoisotopic (exact) mass is 167 g/mol. The molecule has 1 aromatic rings. The number of ether oxygens (including phenoxy) is 1. The van der Waals surface area contributed by atoms with Gasteiger partial charge in [-0.15, -0.1) is 0 Å². The fraction of sp³-hybridized carbons (Fsp3) is 0.333. The Kier molecular flexibility index (Phi) is 2.55. The fourth-order valence-electron chi connectivity index (χ4n) is 1.08. The van der Waals surface area contributed by atoms with Crippen LogP contribution in [0.2, 0.25) is 0 Å². The van der Waals surface area contributed by atoms with E-state index in [1.807, 2.05) is 6.92 Å². The standard InChI is InChI=1S/C9H13NO2/c1-6(10)8-5-7(11)3-4-9(8)12-2/h3-6,11H,10H2,1-2H3/t6-/m1/s1. The fourth-order valence-corrected chi connectivity index (χ4v) is 1.08. The lowest BCUT2D eigenvalue weighted by Crippen LogP contribution is -2.06. The van der Waals surface area contributed by atoms with Crippen LogP contribution in [0.15, 0.2) is 18.2 Å². The first-order valence-corrected chi connectivity index (χ1v) is 3.77. The van der Waals surface area contributed by atoms with Gasteiger partial charge in [0.2, 0.25) is 0 Å². The first-order chi connectivity index (χ1) is 5.65. The largest absolute Gasteiger partial charge is 0.508 e. The van der Waals surface area contributed by atoms with Crippen LogP contribution in [0.5, 0.6) is 11.5 Å². The molecule has 3 heteroatoms. The van der Waals surface area contributed by atoms with Gasteiger partial charge in [0.25, 0.3) is 0 Å². The van der Waals surface area contributed by atoms with Crippen LogP contribution in [0, 0.1) is 0 Å². The second-order valence-corrected chi connectivity index (χ2v) is 2.71. The molecule has 12 heavy (non-hydrogen) atoms. The normalized spacial score (nSPS) is 12.6. The molecule has 3 nitrogen and oxygen atoms in total. The van der Waals surface area contributed by atoms with Gasteiger partial charge in [0.05, 0.1) is 7.11 Å². The summed E-state index contributed by atoms with van der Waals surface area (Å²) in [5, 5.41) is 9.17. The molecule has 0 aliphatic rings. The summed E-state index contributed by atoms with van der Waals surface area (Å²) in [4.78, 5) is 0. The van der Waals surface area contributed by atoms with Crippen LogP contribution in [-0.4, -0.2) is 12.2 Å². The molecule has 0 heterocycles. The molecule has 0 saturated heterocycles. The van der Waals surface area contributed by atoms with Gasteiger partial charge in [-0.2, -0.15) is 0 Å². The lowest BCUT2D eigenvalue weighted by molar-refractivity contribution is 0.404. The molecule has 0 amide bonds. The smallest absolute Gasteiger partial charge is 0.123 e. The number of phenolic OH excluding ortho intramolecular Hbond substituents is 1. The van der Waals surface area contributed by atoms with E-state index in [0.29, 0.717) is 5.75 Å². The minimum absolute atomic E-state index is 0.132. The van der Waals surface area contributed by atoms with E-state index in [2.05, 4.69) is 0 Å². The molecule has 1 atom stereocenters. The van der Waals surface area contributed by atoms with Crippen molar-refractivity contribution >= 4 is 0 Å². The number of rotatable bonds is 2. The Balaban J connectivity index is 3.12. The molecule has 0 bridgehead atoms. The van der Waals surface area contributed by atoms with Crippen molar-refractivity contribution in [1.29, 1.82) is 0 Å². The third-order valence-corrected chi connectivity index (χ3v) is 1.70. The Hall–Kier alpha value is -1.22. The summed E-state index contributed by atoms with van der Waals surface area (Å²) in [7, 11) is 1.58. The van der Waals surface area contributed by atoms with Gasteiger partial charge in [-0.05, 0) is 25.1 Å². The van der Waals surface area contributed by atoms with Crippen molar-refractivity contribution in [2.24, 2.45) is 5.73 Å². The molecule has 0 fully saturated rings. The maximum Gasteiger partial charge on any atom is 0.123 e. The highest BCUT2D eigenvalue weighted by atomic mass is 16.5. The quantitative estimate of drug-likeness (QED) is 0.700. The summed E-state index contributed by atoms with van der Waals surface area (Å²) in [5.74, 6) is 0.922. The highest BCUT2D eigenvalue weighted by Gasteiger charge is 2.07. The molecule has 0 aromatic heterocycles. The predicted octanol–water partition coefficient (Wildman–Crippen LogP) is 1.42. The Labute approximate surface area is 71.8 Å². The lowest BCUT2D eigenvalue weighted by Gasteiger charge is -2.11. The Bertz CT molecular complexity index is 271. The number of aromatic hydroxyl groups is 1. The average molecular weight is 167 g/mol. The summed E-state index contributed by atoms with van der Waals surface area (Å²) >= 11 is 0. The van der Waals surface area contributed by atoms with Crippen molar-refractivity contribution < 1.29 is 9.84 Å². The molecule has 0 saturated carbocycles. The maximum atomic E-state index is 9.17. The van der Waals surface area contributed by atoms with Crippen molar-refractivity contribution in [3.05, 3.63) is 23.8 Å². The SMILES string of the molecule is COc1ccc(O)cc1[C@@H](C)N. The van der Waals surface area contributed by atoms with Crippen molar-refractivity contribution in [3.8, 4) is 11.5 Å². The molecule has 0 aliphatic heterocycles. The van der Waals surface area contributed by atoms with Gasteiger partial charge in [-0.3, -0.25) is 0 Å². The van der Waals surface area contributed by atoms with Gasteiger partial charge in [-0.1, -0.05) is 0 Å². The van der Waals surface area contributed by atoms with E-state index in [1.54, 1.807) is 25.3 Å². The van der Waals surface area contributed by atoms with Gasteiger partial charge in [0, 0.05) is 11.6 Å². The minimum atomic E-state index is -0.132. The number of methoxy groups -OCH3 is 1. The van der Waals surface area contributed by atoms with Crippen LogP contribution in [0.25, 0.3) is 0 Å². The van der Waals surface area contributed by atoms with Gasteiger partial charge < -0.3 is 15.6 Å². The van der Waals surface area contributed by atoms with E-state index in [1.165, 1.54) is 0 Å². The molecule has 1 aromatic carbocycles.